The van der Waals surface area contributed by atoms with Gasteiger partial charge in [0.1, 0.15) is 0 Å². The minimum absolute atomic E-state index is 0.143. The van der Waals surface area contributed by atoms with Crippen LogP contribution in [0.3, 0.4) is 0 Å². The highest BCUT2D eigenvalue weighted by Crippen LogP contribution is 2.21. The monoisotopic (exact) mass is 366 g/mol. The highest BCUT2D eigenvalue weighted by Gasteiger charge is 2.10. The van der Waals surface area contributed by atoms with Crippen molar-refractivity contribution in [2.75, 3.05) is 40.5 Å². The van der Waals surface area contributed by atoms with Crippen molar-refractivity contribution >= 4 is 34.6 Å². The third kappa shape index (κ3) is 5.74. The van der Waals surface area contributed by atoms with Gasteiger partial charge in [0.05, 0.1) is 6.54 Å². The van der Waals surface area contributed by atoms with Crippen LogP contribution < -0.4 is 20.9 Å². The van der Waals surface area contributed by atoms with Gasteiger partial charge in [-0.05, 0) is 61.7 Å². The van der Waals surface area contributed by atoms with Crippen LogP contribution in [0.1, 0.15) is 26.2 Å². The van der Waals surface area contributed by atoms with E-state index < -0.39 is 0 Å². The molecule has 0 atom stereocenters. The van der Waals surface area contributed by atoms with E-state index in [1.54, 1.807) is 24.3 Å². The summed E-state index contributed by atoms with van der Waals surface area (Å²) < 4.78 is 0. The Labute approximate surface area is 159 Å². The summed E-state index contributed by atoms with van der Waals surface area (Å²) in [6.07, 6.45) is 3.82. The van der Waals surface area contributed by atoms with Crippen molar-refractivity contribution in [1.82, 2.24) is 0 Å². The SMILES string of the molecule is CC(=O)Nc1cccc(NC(=O)CNc2ccc(N3CCCCC3)cc2)c1. The van der Waals surface area contributed by atoms with Gasteiger partial charge in [-0.15, -0.1) is 0 Å². The fraction of sp³-hybridized carbons (Fsp3) is 0.333. The summed E-state index contributed by atoms with van der Waals surface area (Å²) in [6, 6.07) is 15.3. The molecule has 2 aromatic carbocycles. The van der Waals surface area contributed by atoms with Gasteiger partial charge >= 0.3 is 0 Å². The van der Waals surface area contributed by atoms with Gasteiger partial charge in [-0.1, -0.05) is 6.07 Å². The second kappa shape index (κ2) is 9.07. The Bertz CT molecular complexity index is 783. The number of carbonyl (C=O) groups excluding carboxylic acids is 2. The number of rotatable bonds is 6. The Kier molecular flexibility index (Phi) is 6.30. The van der Waals surface area contributed by atoms with E-state index in [-0.39, 0.29) is 18.4 Å². The van der Waals surface area contributed by atoms with Gasteiger partial charge < -0.3 is 20.9 Å². The number of hydrogen-bond acceptors (Lipinski definition) is 4. The Morgan fingerprint density at radius 3 is 2.22 bits per heavy atom. The largest absolute Gasteiger partial charge is 0.376 e. The molecule has 1 saturated heterocycles. The molecule has 6 heteroatoms. The first-order valence-corrected chi connectivity index (χ1v) is 9.36. The number of carbonyl (C=O) groups is 2. The quantitative estimate of drug-likeness (QED) is 0.729. The maximum absolute atomic E-state index is 12.2. The second-order valence-electron chi connectivity index (χ2n) is 6.76. The number of anilines is 4. The highest BCUT2D eigenvalue weighted by atomic mass is 16.2. The smallest absolute Gasteiger partial charge is 0.243 e. The zero-order valence-corrected chi connectivity index (χ0v) is 15.6. The highest BCUT2D eigenvalue weighted by molar-refractivity contribution is 5.95. The first kappa shape index (κ1) is 18.8. The normalized spacial score (nSPS) is 13.7. The van der Waals surface area contributed by atoms with E-state index in [0.717, 1.165) is 18.8 Å². The molecule has 6 nitrogen and oxygen atoms in total. The van der Waals surface area contributed by atoms with E-state index in [0.29, 0.717) is 11.4 Å². The first-order valence-electron chi connectivity index (χ1n) is 9.36. The molecule has 1 fully saturated rings. The molecule has 27 heavy (non-hydrogen) atoms. The third-order valence-electron chi connectivity index (χ3n) is 4.51. The third-order valence-corrected chi connectivity index (χ3v) is 4.51. The second-order valence-corrected chi connectivity index (χ2v) is 6.76. The minimum Gasteiger partial charge on any atom is -0.376 e. The molecule has 0 aliphatic carbocycles. The molecule has 2 aromatic rings. The van der Waals surface area contributed by atoms with Crippen molar-refractivity contribution in [3.05, 3.63) is 48.5 Å². The molecule has 3 N–H and O–H groups in total. The van der Waals surface area contributed by atoms with Gasteiger partial charge in [0.15, 0.2) is 0 Å². The Hall–Kier alpha value is -3.02. The van der Waals surface area contributed by atoms with Crippen molar-refractivity contribution < 1.29 is 9.59 Å². The molecule has 0 radical (unpaired) electrons. The fourth-order valence-electron chi connectivity index (χ4n) is 3.21. The lowest BCUT2D eigenvalue weighted by molar-refractivity contribution is -0.115. The van der Waals surface area contributed by atoms with Gasteiger partial charge in [-0.25, -0.2) is 0 Å². The van der Waals surface area contributed by atoms with Crippen LogP contribution in [0.5, 0.6) is 0 Å². The van der Waals surface area contributed by atoms with E-state index >= 15 is 0 Å². The maximum Gasteiger partial charge on any atom is 0.243 e. The van der Waals surface area contributed by atoms with Gasteiger partial charge in [0.2, 0.25) is 11.8 Å². The minimum atomic E-state index is -0.145. The molecule has 1 aliphatic heterocycles. The van der Waals surface area contributed by atoms with Crippen LogP contribution in [-0.4, -0.2) is 31.4 Å². The van der Waals surface area contributed by atoms with Gasteiger partial charge in [-0.2, -0.15) is 0 Å². The zero-order chi connectivity index (χ0) is 19.1. The van der Waals surface area contributed by atoms with Crippen molar-refractivity contribution in [1.29, 1.82) is 0 Å². The summed E-state index contributed by atoms with van der Waals surface area (Å²) >= 11 is 0. The van der Waals surface area contributed by atoms with Crippen molar-refractivity contribution in [3.63, 3.8) is 0 Å². The number of nitrogens with zero attached hydrogens (tertiary/aromatic N) is 1. The summed E-state index contributed by atoms with van der Waals surface area (Å²) in [5, 5.41) is 8.67. The van der Waals surface area contributed by atoms with Gasteiger partial charge in [0, 0.05) is 42.8 Å². The standard InChI is InChI=1S/C21H26N4O2/c1-16(26)23-18-6-5-7-19(14-18)24-21(27)15-22-17-8-10-20(11-9-17)25-12-3-2-4-13-25/h5-11,14,22H,2-4,12-13,15H2,1H3,(H,23,26)(H,24,27). The maximum atomic E-state index is 12.2. The predicted octanol–water partition coefficient (Wildman–Crippen LogP) is 3.69. The summed E-state index contributed by atoms with van der Waals surface area (Å²) in [4.78, 5) is 25.7. The van der Waals surface area contributed by atoms with Crippen LogP contribution in [0.15, 0.2) is 48.5 Å². The van der Waals surface area contributed by atoms with Crippen LogP contribution in [0.4, 0.5) is 22.7 Å². The molecule has 142 valence electrons. The van der Waals surface area contributed by atoms with E-state index in [1.807, 2.05) is 12.1 Å². The Morgan fingerprint density at radius 2 is 1.56 bits per heavy atom. The number of nitrogens with one attached hydrogen (secondary N) is 3. The average Bonchev–Trinajstić information content (AvgIpc) is 2.67. The van der Waals surface area contributed by atoms with Crippen molar-refractivity contribution in [2.45, 2.75) is 26.2 Å². The number of hydrogen-bond donors (Lipinski definition) is 3. The molecular weight excluding hydrogens is 340 g/mol. The molecule has 3 rings (SSSR count). The first-order chi connectivity index (χ1) is 13.1. The fourth-order valence-corrected chi connectivity index (χ4v) is 3.21. The molecule has 2 amide bonds. The molecule has 0 bridgehead atoms. The lowest BCUT2D eigenvalue weighted by Gasteiger charge is -2.28. The molecule has 1 heterocycles. The van der Waals surface area contributed by atoms with E-state index in [1.165, 1.54) is 31.9 Å². The van der Waals surface area contributed by atoms with Crippen LogP contribution >= 0.6 is 0 Å². The average molecular weight is 366 g/mol. The van der Waals surface area contributed by atoms with E-state index in [2.05, 4.69) is 33.0 Å². The Morgan fingerprint density at radius 1 is 0.889 bits per heavy atom. The summed E-state index contributed by atoms with van der Waals surface area (Å²) in [5.41, 5.74) is 3.45. The van der Waals surface area contributed by atoms with Gasteiger partial charge in [-0.3, -0.25) is 9.59 Å². The Balaban J connectivity index is 1.49. The predicted molar refractivity (Wildman–Crippen MR) is 110 cm³/mol. The zero-order valence-electron chi connectivity index (χ0n) is 15.6. The van der Waals surface area contributed by atoms with Gasteiger partial charge in [0.25, 0.3) is 0 Å². The molecule has 0 saturated carbocycles. The van der Waals surface area contributed by atoms with Crippen LogP contribution in [0.25, 0.3) is 0 Å². The number of benzene rings is 2. The lowest BCUT2D eigenvalue weighted by atomic mass is 10.1. The van der Waals surface area contributed by atoms with E-state index in [4.69, 9.17) is 0 Å². The van der Waals surface area contributed by atoms with Crippen molar-refractivity contribution in [2.24, 2.45) is 0 Å². The molecular formula is C21H26N4O2. The molecule has 0 unspecified atom stereocenters. The summed E-state index contributed by atoms with van der Waals surface area (Å²) in [5.74, 6) is -0.289. The molecule has 0 aromatic heterocycles. The topological polar surface area (TPSA) is 73.5 Å². The molecule has 1 aliphatic rings. The number of piperidine rings is 1. The van der Waals surface area contributed by atoms with Crippen molar-refractivity contribution in [3.8, 4) is 0 Å². The number of amides is 2. The summed E-state index contributed by atoms with van der Waals surface area (Å²) in [6.45, 7) is 3.86. The van der Waals surface area contributed by atoms with Crippen LogP contribution in [-0.2, 0) is 9.59 Å². The molecule has 0 spiro atoms. The lowest BCUT2D eigenvalue weighted by Crippen LogP contribution is -2.29. The van der Waals surface area contributed by atoms with Crippen LogP contribution in [0.2, 0.25) is 0 Å². The van der Waals surface area contributed by atoms with Crippen LogP contribution in [0, 0.1) is 0 Å². The summed E-state index contributed by atoms with van der Waals surface area (Å²) in [7, 11) is 0. The van der Waals surface area contributed by atoms with E-state index in [9.17, 15) is 9.59 Å².